The predicted octanol–water partition coefficient (Wildman–Crippen LogP) is 3.55. The van der Waals surface area contributed by atoms with Crippen molar-refractivity contribution in [3.63, 3.8) is 0 Å². The second-order valence-corrected chi connectivity index (χ2v) is 6.98. The van der Waals surface area contributed by atoms with E-state index in [1.54, 1.807) is 19.1 Å². The monoisotopic (exact) mass is 441 g/mol. The summed E-state index contributed by atoms with van der Waals surface area (Å²) in [4.78, 5) is 19.5. The normalized spacial score (nSPS) is 10.9. The van der Waals surface area contributed by atoms with Gasteiger partial charge in [0, 0.05) is 23.3 Å². The maximum Gasteiger partial charge on any atom is 0.336 e. The Balaban J connectivity index is 1.57. The van der Waals surface area contributed by atoms with Gasteiger partial charge in [-0.15, -0.1) is 15.3 Å². The number of nitrogens with zero attached hydrogens (tertiary/aromatic N) is 7. The van der Waals surface area contributed by atoms with E-state index in [0.717, 1.165) is 10.8 Å². The van der Waals surface area contributed by atoms with Crippen molar-refractivity contribution in [2.45, 2.75) is 13.5 Å². The number of carbonyl (C=O) groups excluding carboxylic acids is 1. The molecule has 0 spiro atoms. The summed E-state index contributed by atoms with van der Waals surface area (Å²) >= 11 is 0. The number of benzene rings is 2. The van der Waals surface area contributed by atoms with E-state index in [4.69, 9.17) is 20.6 Å². The summed E-state index contributed by atoms with van der Waals surface area (Å²) < 4.78 is 17.3. The quantitative estimate of drug-likeness (QED) is 0.298. The highest BCUT2D eigenvalue weighted by Gasteiger charge is 2.20. The number of esters is 1. The number of rotatable bonds is 5. The molecule has 0 aliphatic carbocycles. The van der Waals surface area contributed by atoms with Crippen molar-refractivity contribution in [3.8, 4) is 17.5 Å². The first-order valence-electron chi connectivity index (χ1n) is 9.75. The number of methoxy groups -OCH3 is 1. The molecule has 3 aromatic heterocycles. The van der Waals surface area contributed by atoms with Gasteiger partial charge >= 0.3 is 5.97 Å². The van der Waals surface area contributed by atoms with E-state index in [0.29, 0.717) is 34.4 Å². The molecule has 0 fully saturated rings. The van der Waals surface area contributed by atoms with E-state index in [9.17, 15) is 4.79 Å². The Morgan fingerprint density at radius 2 is 2.00 bits per heavy atom. The number of aromatic nitrogens is 6. The van der Waals surface area contributed by atoms with Gasteiger partial charge in [0.2, 0.25) is 23.4 Å². The fraction of sp³-hybridized carbons (Fsp3) is 0.136. The van der Waals surface area contributed by atoms with E-state index in [1.807, 2.05) is 24.3 Å². The zero-order chi connectivity index (χ0) is 22.9. The number of carbonyl (C=O) groups is 1. The lowest BCUT2D eigenvalue weighted by Crippen LogP contribution is -2.05. The van der Waals surface area contributed by atoms with E-state index < -0.39 is 5.97 Å². The van der Waals surface area contributed by atoms with E-state index >= 15 is 0 Å². The Bertz CT molecular complexity index is 1560. The number of ether oxygens (including phenoxy) is 2. The Hall–Kier alpha value is -4.85. The zero-order valence-electron chi connectivity index (χ0n) is 17.5. The third-order valence-corrected chi connectivity index (χ3v) is 4.95. The van der Waals surface area contributed by atoms with Crippen molar-refractivity contribution in [2.24, 2.45) is 0 Å². The molecule has 5 aromatic rings. The van der Waals surface area contributed by atoms with Crippen LogP contribution in [0.15, 0.2) is 47.0 Å². The van der Waals surface area contributed by atoms with Gasteiger partial charge < -0.3 is 14.0 Å². The predicted molar refractivity (Wildman–Crippen MR) is 115 cm³/mol. The molecule has 0 aliphatic heterocycles. The molecule has 0 aliphatic rings. The minimum Gasteiger partial charge on any atom is -0.473 e. The highest BCUT2D eigenvalue weighted by Crippen LogP contribution is 2.30. The summed E-state index contributed by atoms with van der Waals surface area (Å²) in [5.41, 5.74) is 1.69. The van der Waals surface area contributed by atoms with Gasteiger partial charge in [-0.25, -0.2) is 9.64 Å². The van der Waals surface area contributed by atoms with E-state index in [2.05, 4.69) is 30.3 Å². The third-order valence-electron chi connectivity index (χ3n) is 4.95. The molecular weight excluding hydrogens is 426 g/mol. The lowest BCUT2D eigenvalue weighted by atomic mass is 10.1. The molecule has 0 saturated carbocycles. The van der Waals surface area contributed by atoms with Crippen LogP contribution in [-0.4, -0.2) is 43.0 Å². The largest absolute Gasteiger partial charge is 0.473 e. The minimum atomic E-state index is -0.512. The maximum atomic E-state index is 11.8. The molecule has 33 heavy (non-hydrogen) atoms. The van der Waals surface area contributed by atoms with Crippen LogP contribution in [0.4, 0.5) is 5.69 Å². The lowest BCUT2D eigenvalue weighted by molar-refractivity contribution is 0.0600. The topological polar surface area (TPSA) is 122 Å². The average molecular weight is 441 g/mol. The molecule has 0 atom stereocenters. The molecular formula is C22H15N7O4. The molecule has 0 amide bonds. The van der Waals surface area contributed by atoms with Crippen LogP contribution in [-0.2, 0) is 11.3 Å². The first kappa shape index (κ1) is 20.1. The molecule has 3 heterocycles. The van der Waals surface area contributed by atoms with Crippen LogP contribution in [0.1, 0.15) is 21.8 Å². The second kappa shape index (κ2) is 8.01. The number of hydrogen-bond donors (Lipinski definition) is 0. The summed E-state index contributed by atoms with van der Waals surface area (Å²) in [5.74, 6) is 0.750. The van der Waals surface area contributed by atoms with Crippen LogP contribution in [0, 0.1) is 13.5 Å². The van der Waals surface area contributed by atoms with Crippen LogP contribution < -0.4 is 4.74 Å². The van der Waals surface area contributed by atoms with Crippen LogP contribution in [0.25, 0.3) is 32.9 Å². The third kappa shape index (κ3) is 3.49. The van der Waals surface area contributed by atoms with Crippen molar-refractivity contribution >= 4 is 28.1 Å². The summed E-state index contributed by atoms with van der Waals surface area (Å²) in [5, 5.41) is 18.4. The van der Waals surface area contributed by atoms with Gasteiger partial charge in [0.05, 0.1) is 13.7 Å². The summed E-state index contributed by atoms with van der Waals surface area (Å²) in [6.07, 6.45) is 0. The molecule has 0 radical (unpaired) electrons. The SMILES string of the molecule is [C-]#[N+]c1cc(C(=O)OC)ccc1COc1nn2c(-c3noc(C)n3)nnc2c2ccccc12. The molecule has 162 valence electrons. The van der Waals surface area contributed by atoms with Crippen molar-refractivity contribution in [1.82, 2.24) is 30.0 Å². The van der Waals surface area contributed by atoms with Crippen molar-refractivity contribution in [3.05, 3.63) is 70.9 Å². The molecule has 2 aromatic carbocycles. The second-order valence-electron chi connectivity index (χ2n) is 6.98. The maximum absolute atomic E-state index is 11.8. The van der Waals surface area contributed by atoms with Crippen LogP contribution in [0.5, 0.6) is 5.88 Å². The van der Waals surface area contributed by atoms with Crippen molar-refractivity contribution < 1.29 is 18.8 Å². The van der Waals surface area contributed by atoms with Gasteiger partial charge in [0.15, 0.2) is 11.3 Å². The van der Waals surface area contributed by atoms with Gasteiger partial charge in [0.25, 0.3) is 0 Å². The van der Waals surface area contributed by atoms with Crippen LogP contribution in [0.3, 0.4) is 0 Å². The first-order chi connectivity index (χ1) is 16.1. The van der Waals surface area contributed by atoms with E-state index in [1.165, 1.54) is 17.7 Å². The van der Waals surface area contributed by atoms with Gasteiger partial charge in [-0.3, -0.25) is 0 Å². The number of hydrogen-bond acceptors (Lipinski definition) is 9. The van der Waals surface area contributed by atoms with E-state index in [-0.39, 0.29) is 18.1 Å². The first-order valence-corrected chi connectivity index (χ1v) is 9.75. The molecule has 0 saturated heterocycles. The van der Waals surface area contributed by atoms with Gasteiger partial charge in [-0.1, -0.05) is 29.4 Å². The summed E-state index contributed by atoms with van der Waals surface area (Å²) in [6.45, 7) is 9.20. The minimum absolute atomic E-state index is 0.0560. The molecule has 11 heteroatoms. The Morgan fingerprint density at radius 3 is 2.73 bits per heavy atom. The van der Waals surface area contributed by atoms with Crippen LogP contribution in [0.2, 0.25) is 0 Å². The molecule has 0 bridgehead atoms. The Morgan fingerprint density at radius 1 is 1.18 bits per heavy atom. The molecule has 11 nitrogen and oxygen atoms in total. The Labute approximate surface area is 186 Å². The Kier molecular flexibility index (Phi) is 4.87. The number of fused-ring (bicyclic) bond motifs is 3. The lowest BCUT2D eigenvalue weighted by Gasteiger charge is -2.11. The van der Waals surface area contributed by atoms with Gasteiger partial charge in [-0.05, 0) is 23.8 Å². The highest BCUT2D eigenvalue weighted by atomic mass is 16.5. The highest BCUT2D eigenvalue weighted by molar-refractivity contribution is 5.97. The number of aryl methyl sites for hydroxylation is 1. The fourth-order valence-electron chi connectivity index (χ4n) is 3.37. The summed E-state index contributed by atoms with van der Waals surface area (Å²) in [6, 6.07) is 12.2. The smallest absolute Gasteiger partial charge is 0.336 e. The van der Waals surface area contributed by atoms with Gasteiger partial charge in [0.1, 0.15) is 6.61 Å². The van der Waals surface area contributed by atoms with Crippen molar-refractivity contribution in [1.29, 1.82) is 0 Å². The molecule has 0 unspecified atom stereocenters. The standard InChI is InChI=1S/C22H15N7O4/c1-12-24-18(28-33-12)20-26-25-19-15-6-4-5-7-16(15)21(27-29(19)20)32-11-14-9-8-13(22(30)31-3)10-17(14)23-2/h4-10H,11H2,1,3H3. The average Bonchev–Trinajstić information content (AvgIpc) is 3.47. The molecule has 5 rings (SSSR count). The zero-order valence-corrected chi connectivity index (χ0v) is 17.5. The molecule has 0 N–H and O–H groups in total. The van der Waals surface area contributed by atoms with Crippen molar-refractivity contribution in [2.75, 3.05) is 7.11 Å². The van der Waals surface area contributed by atoms with Crippen LogP contribution >= 0.6 is 0 Å². The summed E-state index contributed by atoms with van der Waals surface area (Å²) in [7, 11) is 1.29. The van der Waals surface area contributed by atoms with Gasteiger partial charge in [-0.2, -0.15) is 9.50 Å². The fourth-order valence-corrected chi connectivity index (χ4v) is 3.37.